The third-order valence-corrected chi connectivity index (χ3v) is 3.36. The van der Waals surface area contributed by atoms with Crippen LogP contribution in [0.2, 0.25) is 0 Å². The number of imide groups is 1. The van der Waals surface area contributed by atoms with E-state index in [2.05, 4.69) is 10.6 Å². The van der Waals surface area contributed by atoms with E-state index in [1.807, 2.05) is 18.7 Å². The Morgan fingerprint density at radius 2 is 2.05 bits per heavy atom. The molecule has 1 atom stereocenters. The monoisotopic (exact) mass is 299 g/mol. The molecule has 0 saturated carbocycles. The van der Waals surface area contributed by atoms with Gasteiger partial charge in [-0.15, -0.1) is 0 Å². The van der Waals surface area contributed by atoms with Gasteiger partial charge in [-0.25, -0.2) is 4.79 Å². The average molecular weight is 299 g/mol. The Bertz CT molecular complexity index is 384. The van der Waals surface area contributed by atoms with Crippen molar-refractivity contribution in [2.24, 2.45) is 11.8 Å². The lowest BCUT2D eigenvalue weighted by Gasteiger charge is -2.31. The molecular formula is C14H25N3O4. The minimum atomic E-state index is -0.806. The number of carboxylic acids is 1. The normalized spacial score (nSPS) is 19.3. The van der Waals surface area contributed by atoms with E-state index in [0.717, 1.165) is 19.4 Å². The molecule has 0 aromatic heterocycles. The number of hydrogen-bond donors (Lipinski definition) is 3. The van der Waals surface area contributed by atoms with Crippen LogP contribution in [0.1, 0.15) is 33.1 Å². The first-order chi connectivity index (χ1) is 9.86. The molecule has 0 aromatic carbocycles. The molecule has 1 fully saturated rings. The second-order valence-corrected chi connectivity index (χ2v) is 5.99. The molecule has 1 aliphatic heterocycles. The summed E-state index contributed by atoms with van der Waals surface area (Å²) >= 11 is 0. The van der Waals surface area contributed by atoms with Gasteiger partial charge in [-0.3, -0.25) is 19.8 Å². The summed E-state index contributed by atoms with van der Waals surface area (Å²) in [5.74, 6) is -0.755. The number of rotatable bonds is 6. The predicted molar refractivity (Wildman–Crippen MR) is 77.8 cm³/mol. The summed E-state index contributed by atoms with van der Waals surface area (Å²) < 4.78 is 0. The fourth-order valence-electron chi connectivity index (χ4n) is 2.42. The Balaban J connectivity index is 2.30. The number of piperidine rings is 1. The molecule has 0 aromatic rings. The molecule has 7 nitrogen and oxygen atoms in total. The molecule has 1 heterocycles. The highest BCUT2D eigenvalue weighted by molar-refractivity contribution is 5.95. The highest BCUT2D eigenvalue weighted by Crippen LogP contribution is 2.19. The van der Waals surface area contributed by atoms with Crippen LogP contribution in [0.3, 0.4) is 0 Å². The van der Waals surface area contributed by atoms with Gasteiger partial charge in [-0.05, 0) is 31.2 Å². The van der Waals surface area contributed by atoms with Crippen LogP contribution in [0.25, 0.3) is 0 Å². The molecule has 0 aliphatic carbocycles. The number of carboxylic acid groups (broad SMARTS) is 1. The van der Waals surface area contributed by atoms with Crippen molar-refractivity contribution >= 4 is 17.9 Å². The Morgan fingerprint density at radius 1 is 1.33 bits per heavy atom. The molecule has 120 valence electrons. The molecule has 1 aliphatic rings. The topological polar surface area (TPSA) is 98.7 Å². The number of carbonyl (C=O) groups excluding carboxylic acids is 2. The number of likely N-dealkylation sites (tertiary alicyclic amines) is 1. The fourth-order valence-corrected chi connectivity index (χ4v) is 2.42. The summed E-state index contributed by atoms with van der Waals surface area (Å²) in [5, 5.41) is 13.7. The molecule has 0 spiro atoms. The maximum atomic E-state index is 11.8. The molecular weight excluding hydrogens is 274 g/mol. The molecule has 0 radical (unpaired) electrons. The average Bonchev–Trinajstić information content (AvgIpc) is 2.35. The van der Waals surface area contributed by atoms with E-state index >= 15 is 0 Å². The third kappa shape index (κ3) is 7.65. The first kappa shape index (κ1) is 17.4. The number of hydrogen-bond acceptors (Lipinski definition) is 4. The van der Waals surface area contributed by atoms with E-state index in [4.69, 9.17) is 5.11 Å². The van der Waals surface area contributed by atoms with Crippen molar-refractivity contribution in [3.63, 3.8) is 0 Å². The van der Waals surface area contributed by atoms with Crippen LogP contribution >= 0.6 is 0 Å². The lowest BCUT2D eigenvalue weighted by atomic mass is 9.95. The third-order valence-electron chi connectivity index (χ3n) is 3.36. The SMILES string of the molecule is CC(C)CNC(=O)NC(=O)CN1CCCC(CC(=O)O)C1. The van der Waals surface area contributed by atoms with Gasteiger partial charge in [0.1, 0.15) is 0 Å². The van der Waals surface area contributed by atoms with Crippen LogP contribution in [0.15, 0.2) is 0 Å². The zero-order chi connectivity index (χ0) is 15.8. The smallest absolute Gasteiger partial charge is 0.321 e. The molecule has 3 amide bonds. The van der Waals surface area contributed by atoms with Gasteiger partial charge < -0.3 is 10.4 Å². The molecule has 1 unspecified atom stereocenters. The van der Waals surface area contributed by atoms with Crippen molar-refractivity contribution in [2.75, 3.05) is 26.2 Å². The van der Waals surface area contributed by atoms with Gasteiger partial charge in [0.15, 0.2) is 0 Å². The van der Waals surface area contributed by atoms with Crippen LogP contribution < -0.4 is 10.6 Å². The van der Waals surface area contributed by atoms with E-state index in [1.54, 1.807) is 0 Å². The highest BCUT2D eigenvalue weighted by atomic mass is 16.4. The fraction of sp³-hybridized carbons (Fsp3) is 0.786. The molecule has 1 saturated heterocycles. The van der Waals surface area contributed by atoms with E-state index in [0.29, 0.717) is 19.0 Å². The van der Waals surface area contributed by atoms with E-state index in [-0.39, 0.29) is 24.8 Å². The summed E-state index contributed by atoms with van der Waals surface area (Å²) in [6.07, 6.45) is 1.89. The van der Waals surface area contributed by atoms with Crippen LogP contribution in [-0.2, 0) is 9.59 Å². The molecule has 3 N–H and O–H groups in total. The number of carbonyl (C=O) groups is 3. The number of amides is 3. The zero-order valence-electron chi connectivity index (χ0n) is 12.7. The quantitative estimate of drug-likeness (QED) is 0.669. The molecule has 21 heavy (non-hydrogen) atoms. The van der Waals surface area contributed by atoms with Gasteiger partial charge in [0.2, 0.25) is 5.91 Å². The first-order valence-electron chi connectivity index (χ1n) is 7.38. The van der Waals surface area contributed by atoms with Crippen molar-refractivity contribution in [2.45, 2.75) is 33.1 Å². The van der Waals surface area contributed by atoms with Crippen molar-refractivity contribution in [1.29, 1.82) is 0 Å². The largest absolute Gasteiger partial charge is 0.481 e. The highest BCUT2D eigenvalue weighted by Gasteiger charge is 2.23. The standard InChI is InChI=1S/C14H25N3O4/c1-10(2)7-15-14(21)16-12(18)9-17-5-3-4-11(8-17)6-13(19)20/h10-11H,3-9H2,1-2H3,(H,19,20)(H2,15,16,18,21). The van der Waals surface area contributed by atoms with Gasteiger partial charge in [0, 0.05) is 19.5 Å². The Hall–Kier alpha value is -1.63. The van der Waals surface area contributed by atoms with Gasteiger partial charge in [-0.1, -0.05) is 13.8 Å². The van der Waals surface area contributed by atoms with E-state index < -0.39 is 12.0 Å². The summed E-state index contributed by atoms with van der Waals surface area (Å²) in [7, 11) is 0. The summed E-state index contributed by atoms with van der Waals surface area (Å²) in [4.78, 5) is 35.9. The maximum absolute atomic E-state index is 11.8. The van der Waals surface area contributed by atoms with Crippen LogP contribution in [0, 0.1) is 11.8 Å². The number of aliphatic carboxylic acids is 1. The lowest BCUT2D eigenvalue weighted by molar-refractivity contribution is -0.138. The summed E-state index contributed by atoms with van der Waals surface area (Å²) in [5.41, 5.74) is 0. The number of nitrogens with one attached hydrogen (secondary N) is 2. The van der Waals surface area contributed by atoms with E-state index in [9.17, 15) is 14.4 Å². The second kappa shape index (κ2) is 8.61. The summed E-state index contributed by atoms with van der Waals surface area (Å²) in [6.45, 7) is 5.94. The van der Waals surface area contributed by atoms with Crippen molar-refractivity contribution in [3.8, 4) is 0 Å². The van der Waals surface area contributed by atoms with Gasteiger partial charge >= 0.3 is 12.0 Å². The van der Waals surface area contributed by atoms with Gasteiger partial charge in [0.05, 0.1) is 6.54 Å². The maximum Gasteiger partial charge on any atom is 0.321 e. The Kier molecular flexibility index (Phi) is 7.14. The van der Waals surface area contributed by atoms with E-state index in [1.165, 1.54) is 0 Å². The van der Waals surface area contributed by atoms with Crippen LogP contribution in [-0.4, -0.2) is 54.1 Å². The summed E-state index contributed by atoms with van der Waals surface area (Å²) in [6, 6.07) is -0.479. The molecule has 0 bridgehead atoms. The van der Waals surface area contributed by atoms with Crippen LogP contribution in [0.5, 0.6) is 0 Å². The molecule has 7 heteroatoms. The zero-order valence-corrected chi connectivity index (χ0v) is 12.7. The lowest BCUT2D eigenvalue weighted by Crippen LogP contribution is -2.47. The van der Waals surface area contributed by atoms with Crippen molar-refractivity contribution < 1.29 is 19.5 Å². The number of nitrogens with zero attached hydrogens (tertiary/aromatic N) is 1. The Morgan fingerprint density at radius 3 is 2.67 bits per heavy atom. The van der Waals surface area contributed by atoms with Crippen molar-refractivity contribution in [3.05, 3.63) is 0 Å². The molecule has 1 rings (SSSR count). The van der Waals surface area contributed by atoms with Crippen molar-refractivity contribution in [1.82, 2.24) is 15.5 Å². The predicted octanol–water partition coefficient (Wildman–Crippen LogP) is 0.655. The minimum Gasteiger partial charge on any atom is -0.481 e. The van der Waals surface area contributed by atoms with Crippen LogP contribution in [0.4, 0.5) is 4.79 Å². The second-order valence-electron chi connectivity index (χ2n) is 5.99. The Labute approximate surface area is 125 Å². The van der Waals surface area contributed by atoms with Gasteiger partial charge in [0.25, 0.3) is 0 Å². The van der Waals surface area contributed by atoms with Gasteiger partial charge in [-0.2, -0.15) is 0 Å². The first-order valence-corrected chi connectivity index (χ1v) is 7.38. The minimum absolute atomic E-state index is 0.0822. The number of urea groups is 1.